The van der Waals surface area contributed by atoms with Gasteiger partial charge < -0.3 is 40.7 Å². The molecule has 348 valence electrons. The van der Waals surface area contributed by atoms with Gasteiger partial charge in [0, 0.05) is 60.4 Å². The Labute approximate surface area is 379 Å². The van der Waals surface area contributed by atoms with E-state index >= 15 is 0 Å². The molecule has 19 heteroatoms. The highest BCUT2D eigenvalue weighted by Gasteiger charge is 2.61. The molecule has 0 radical (unpaired) electrons. The van der Waals surface area contributed by atoms with Gasteiger partial charge in [0.2, 0.25) is 21.8 Å². The molecule has 5 N–H and O–H groups in total. The van der Waals surface area contributed by atoms with E-state index in [4.69, 9.17) is 19.4 Å². The van der Waals surface area contributed by atoms with Crippen molar-refractivity contribution in [1.29, 1.82) is 0 Å². The van der Waals surface area contributed by atoms with E-state index < -0.39 is 74.9 Å². The third-order valence-corrected chi connectivity index (χ3v) is 15.3. The molecular formula is C45H62N8O9S2. The minimum absolute atomic E-state index is 0.0357. The summed E-state index contributed by atoms with van der Waals surface area (Å²) < 4.78 is 39.6. The summed E-state index contributed by atoms with van der Waals surface area (Å²) in [7, 11) is -1.91. The number of carboxylic acid groups (broad SMARTS) is 1. The number of aliphatic carboxylic acids is 1. The zero-order valence-electron chi connectivity index (χ0n) is 37.5. The first-order valence-corrected chi connectivity index (χ1v) is 24.8. The van der Waals surface area contributed by atoms with Crippen molar-refractivity contribution in [2.24, 2.45) is 11.3 Å². The van der Waals surface area contributed by atoms with Gasteiger partial charge in [0.15, 0.2) is 5.13 Å². The predicted octanol–water partition coefficient (Wildman–Crippen LogP) is 5.52. The number of sulfonamides is 1. The summed E-state index contributed by atoms with van der Waals surface area (Å²) in [5.74, 6) is -1.58. The van der Waals surface area contributed by atoms with Gasteiger partial charge in [-0.2, -0.15) is 4.31 Å². The highest BCUT2D eigenvalue weighted by molar-refractivity contribution is 7.89. The number of anilines is 1. The molecule has 3 fully saturated rings. The van der Waals surface area contributed by atoms with Gasteiger partial charge in [-0.05, 0) is 69.9 Å². The molecule has 6 atom stereocenters. The number of carboxylic acids is 1. The second kappa shape index (κ2) is 19.2. The van der Waals surface area contributed by atoms with Gasteiger partial charge in [-0.25, -0.2) is 28.0 Å². The van der Waals surface area contributed by atoms with Gasteiger partial charge in [-0.15, -0.1) is 11.3 Å². The summed E-state index contributed by atoms with van der Waals surface area (Å²) in [6.07, 6.45) is 7.76. The number of nitrogens with one attached hydrogen (secondary N) is 4. The Hall–Kier alpha value is -5.01. The Balaban J connectivity index is 1.19. The van der Waals surface area contributed by atoms with Crippen LogP contribution in [0.3, 0.4) is 0 Å². The number of urea groups is 1. The van der Waals surface area contributed by atoms with Gasteiger partial charge in [0.05, 0.1) is 30.6 Å². The Morgan fingerprint density at radius 1 is 1.08 bits per heavy atom. The quantitative estimate of drug-likeness (QED) is 0.150. The van der Waals surface area contributed by atoms with Gasteiger partial charge >= 0.3 is 12.0 Å². The highest BCUT2D eigenvalue weighted by Crippen LogP contribution is 2.45. The third-order valence-electron chi connectivity index (χ3n) is 12.6. The lowest BCUT2D eigenvalue weighted by Gasteiger charge is -2.37. The van der Waals surface area contributed by atoms with Crippen molar-refractivity contribution in [3.8, 4) is 22.9 Å². The zero-order chi connectivity index (χ0) is 46.0. The average Bonchev–Trinajstić information content (AvgIpc) is 3.49. The van der Waals surface area contributed by atoms with Crippen LogP contribution >= 0.6 is 11.3 Å². The van der Waals surface area contributed by atoms with Crippen molar-refractivity contribution in [3.63, 3.8) is 0 Å². The van der Waals surface area contributed by atoms with E-state index in [1.165, 1.54) is 20.5 Å². The number of carbonyl (C=O) groups is 4. The fourth-order valence-corrected chi connectivity index (χ4v) is 11.2. The van der Waals surface area contributed by atoms with Crippen molar-refractivity contribution in [3.05, 3.63) is 41.8 Å². The number of aromatic nitrogens is 2. The molecule has 1 saturated carbocycles. The second-order valence-electron chi connectivity index (χ2n) is 18.8. The maximum absolute atomic E-state index is 14.9. The Kier molecular flexibility index (Phi) is 14.1. The molecule has 17 nitrogen and oxygen atoms in total. The van der Waals surface area contributed by atoms with Crippen LogP contribution in [0.15, 0.2) is 41.8 Å². The maximum atomic E-state index is 14.9. The zero-order valence-corrected chi connectivity index (χ0v) is 39.1. The molecule has 1 aliphatic carbocycles. The SMILES string of the molecule is COc1ccc2c(O[C@@H]3C[C@H]4C(=O)N[C@]5(C(=O)O)CC5/C=C\CCCCC[C@H](NC(=O)N[C@H](CN5CCCCS5(=O)=O)C(C)(C)C)C(=O)N4C3)cc(-c3csc(NC(C)C)n3)nc2c1. The topological polar surface area (TPSA) is 221 Å². The van der Waals surface area contributed by atoms with Gasteiger partial charge in [0.25, 0.3) is 0 Å². The van der Waals surface area contributed by atoms with Crippen LogP contribution in [-0.2, 0) is 24.4 Å². The number of hydrogen-bond acceptors (Lipinski definition) is 12. The minimum atomic E-state index is -3.48. The van der Waals surface area contributed by atoms with E-state index in [0.29, 0.717) is 59.6 Å². The number of nitrogens with zero attached hydrogens (tertiary/aromatic N) is 4. The largest absolute Gasteiger partial charge is 0.497 e. The molecule has 3 aliphatic heterocycles. The normalized spacial score (nSPS) is 26.4. The summed E-state index contributed by atoms with van der Waals surface area (Å²) in [5, 5.41) is 25.7. The molecule has 4 amide bonds. The summed E-state index contributed by atoms with van der Waals surface area (Å²) in [6.45, 7) is 10.2. The smallest absolute Gasteiger partial charge is 0.330 e. The summed E-state index contributed by atoms with van der Waals surface area (Å²) in [4.78, 5) is 67.1. The molecule has 0 spiro atoms. The van der Waals surface area contributed by atoms with Crippen molar-refractivity contribution < 1.29 is 42.2 Å². The fourth-order valence-electron chi connectivity index (χ4n) is 8.71. The molecule has 2 saturated heterocycles. The number of benzene rings is 1. The van der Waals surface area contributed by atoms with Crippen LogP contribution in [0.2, 0.25) is 0 Å². The molecule has 4 aliphatic rings. The minimum Gasteiger partial charge on any atom is -0.497 e. The number of fused-ring (bicyclic) bond motifs is 3. The first-order valence-electron chi connectivity index (χ1n) is 22.3. The molecule has 1 aromatic carbocycles. The Bertz CT molecular complexity index is 2370. The lowest BCUT2D eigenvalue weighted by atomic mass is 9.86. The highest BCUT2D eigenvalue weighted by atomic mass is 32.2. The number of rotatable bonds is 11. The first kappa shape index (κ1) is 47.0. The molecule has 64 heavy (non-hydrogen) atoms. The van der Waals surface area contributed by atoms with Crippen LogP contribution in [-0.4, -0.2) is 125 Å². The first-order chi connectivity index (χ1) is 30.4. The van der Waals surface area contributed by atoms with E-state index in [0.717, 1.165) is 24.4 Å². The van der Waals surface area contributed by atoms with Crippen molar-refractivity contribution in [2.45, 2.75) is 128 Å². The molecule has 0 bridgehead atoms. The lowest BCUT2D eigenvalue weighted by Crippen LogP contribution is -2.59. The van der Waals surface area contributed by atoms with Crippen LogP contribution in [0.4, 0.5) is 9.93 Å². The predicted molar refractivity (Wildman–Crippen MR) is 245 cm³/mol. The van der Waals surface area contributed by atoms with Crippen LogP contribution in [0.5, 0.6) is 11.5 Å². The third kappa shape index (κ3) is 10.7. The standard InChI is InChI=1S/C45H62N8O9S2/c1-27(2)46-43-49-35(26-63-43)34-22-37(31-17-16-29(61-6)20-33(31)47-34)62-30-21-36-39(54)51-45(41(56)57)23-28(45)14-10-8-7-9-11-15-32(40(55)53(36)24-30)48-42(58)50-38(44(3,4)5)25-52-18-12-13-19-64(52,59)60/h10,14,16-17,20,22,26-28,30,32,36,38H,7-9,11-13,15,18-19,21,23-25H2,1-6H3,(H,46,49)(H,51,54)(H,56,57)(H2,48,50,58)/b14-10-/t28?,30-,32+,36+,38-,45-/m1/s1. The average molecular weight is 923 g/mol. The Morgan fingerprint density at radius 2 is 1.88 bits per heavy atom. The lowest BCUT2D eigenvalue weighted by molar-refractivity contribution is -0.145. The monoisotopic (exact) mass is 922 g/mol. The van der Waals surface area contributed by atoms with Gasteiger partial charge in [-0.3, -0.25) is 9.59 Å². The van der Waals surface area contributed by atoms with Crippen LogP contribution in [0.1, 0.15) is 92.4 Å². The molecule has 2 aromatic heterocycles. The fraction of sp³-hybridized carbons (Fsp3) is 0.600. The molecular weight excluding hydrogens is 861 g/mol. The van der Waals surface area contributed by atoms with Crippen molar-refractivity contribution in [1.82, 2.24) is 35.1 Å². The number of ether oxygens (including phenoxy) is 2. The van der Waals surface area contributed by atoms with Crippen LogP contribution < -0.4 is 30.7 Å². The van der Waals surface area contributed by atoms with E-state index in [1.54, 1.807) is 25.3 Å². The number of methoxy groups -OCH3 is 1. The molecule has 1 unspecified atom stereocenters. The number of carbonyl (C=O) groups excluding carboxylic acids is 3. The van der Waals surface area contributed by atoms with Gasteiger partial charge in [0.1, 0.15) is 40.9 Å². The Morgan fingerprint density at radius 3 is 2.59 bits per heavy atom. The summed E-state index contributed by atoms with van der Waals surface area (Å²) >= 11 is 1.45. The molecule has 7 rings (SSSR count). The molecule has 5 heterocycles. The number of hydrogen-bond donors (Lipinski definition) is 5. The van der Waals surface area contributed by atoms with Gasteiger partial charge in [-0.1, -0.05) is 45.8 Å². The van der Waals surface area contributed by atoms with Crippen molar-refractivity contribution >= 4 is 61.2 Å². The van der Waals surface area contributed by atoms with E-state index in [9.17, 15) is 32.7 Å². The maximum Gasteiger partial charge on any atom is 0.330 e. The summed E-state index contributed by atoms with van der Waals surface area (Å²) in [6, 6.07) is 3.98. The van der Waals surface area contributed by atoms with Crippen LogP contribution in [0.25, 0.3) is 22.3 Å². The number of amides is 4. The molecule has 3 aromatic rings. The van der Waals surface area contributed by atoms with Crippen molar-refractivity contribution in [2.75, 3.05) is 37.8 Å². The van der Waals surface area contributed by atoms with E-state index in [2.05, 4.69) is 21.3 Å². The van der Waals surface area contributed by atoms with E-state index in [1.807, 2.05) is 58.2 Å². The number of thiazole rings is 1. The number of allylic oxidation sites excluding steroid dienone is 1. The van der Waals surface area contributed by atoms with E-state index in [-0.39, 0.29) is 44.1 Å². The second-order valence-corrected chi connectivity index (χ2v) is 21.8. The number of pyridine rings is 1. The summed E-state index contributed by atoms with van der Waals surface area (Å²) in [5.41, 5.74) is -0.292. The van der Waals surface area contributed by atoms with Crippen LogP contribution in [0, 0.1) is 11.3 Å².